The summed E-state index contributed by atoms with van der Waals surface area (Å²) in [5.74, 6) is -0.601. The third-order valence-corrected chi connectivity index (χ3v) is 2.52. The fourth-order valence-corrected chi connectivity index (χ4v) is 1.59. The topological polar surface area (TPSA) is 84.7 Å². The first-order valence-corrected chi connectivity index (χ1v) is 6.03. The molecule has 1 amide bonds. The van der Waals surface area contributed by atoms with Crippen LogP contribution in [0.2, 0.25) is 0 Å². The van der Waals surface area contributed by atoms with E-state index in [1.54, 1.807) is 0 Å². The van der Waals surface area contributed by atoms with Gasteiger partial charge in [-0.25, -0.2) is 4.98 Å². The molecular formula is C15H14N4O. The van der Waals surface area contributed by atoms with Crippen molar-refractivity contribution < 1.29 is 4.79 Å². The van der Waals surface area contributed by atoms with Gasteiger partial charge in [-0.3, -0.25) is 9.89 Å². The Morgan fingerprint density at radius 2 is 1.40 bits per heavy atom. The van der Waals surface area contributed by atoms with E-state index < -0.39 is 5.91 Å². The number of H-pyrrole nitrogens is 1. The Labute approximate surface area is 116 Å². The lowest BCUT2D eigenvalue weighted by atomic mass is 10.1. The molecule has 0 saturated heterocycles. The minimum Gasteiger partial charge on any atom is -0.363 e. The van der Waals surface area contributed by atoms with E-state index in [2.05, 4.69) is 63.7 Å². The van der Waals surface area contributed by atoms with E-state index in [1.165, 1.54) is 17.5 Å². The quantitative estimate of drug-likeness (QED) is 0.746. The first-order chi connectivity index (χ1) is 9.77. The number of aromatic nitrogens is 3. The van der Waals surface area contributed by atoms with Gasteiger partial charge in [0, 0.05) is 0 Å². The molecule has 1 aromatic heterocycles. The summed E-state index contributed by atoms with van der Waals surface area (Å²) in [7, 11) is 0. The van der Waals surface area contributed by atoms with Gasteiger partial charge < -0.3 is 5.73 Å². The van der Waals surface area contributed by atoms with Crippen molar-refractivity contribution in [3.05, 3.63) is 72.8 Å². The Kier molecular flexibility index (Phi) is 4.61. The summed E-state index contributed by atoms with van der Waals surface area (Å²) in [5, 5.41) is 5.75. The maximum atomic E-state index is 10.1. The zero-order valence-electron chi connectivity index (χ0n) is 10.7. The van der Waals surface area contributed by atoms with Gasteiger partial charge in [0.25, 0.3) is 5.91 Å². The first kappa shape index (κ1) is 13.5. The summed E-state index contributed by atoms with van der Waals surface area (Å²) in [4.78, 5) is 13.6. The number of nitrogens with one attached hydrogen (secondary N) is 1. The lowest BCUT2D eigenvalue weighted by Crippen LogP contribution is -2.12. The average molecular weight is 266 g/mol. The first-order valence-electron chi connectivity index (χ1n) is 6.03. The van der Waals surface area contributed by atoms with Crippen LogP contribution in [0, 0.1) is 0 Å². The molecule has 0 fully saturated rings. The molecule has 5 heteroatoms. The van der Waals surface area contributed by atoms with Crippen LogP contribution >= 0.6 is 0 Å². The van der Waals surface area contributed by atoms with Crippen LogP contribution in [0.15, 0.2) is 67.0 Å². The average Bonchev–Trinajstić information content (AvgIpc) is 3.04. The second-order valence-electron chi connectivity index (χ2n) is 3.92. The number of benzene rings is 2. The van der Waals surface area contributed by atoms with Crippen molar-refractivity contribution in [2.75, 3.05) is 0 Å². The zero-order valence-corrected chi connectivity index (χ0v) is 10.7. The Morgan fingerprint density at radius 3 is 1.70 bits per heavy atom. The van der Waals surface area contributed by atoms with Crippen molar-refractivity contribution in [3.8, 4) is 11.1 Å². The molecule has 5 nitrogen and oxygen atoms in total. The van der Waals surface area contributed by atoms with Crippen LogP contribution in [0.5, 0.6) is 0 Å². The lowest BCUT2D eigenvalue weighted by molar-refractivity contribution is 0.0991. The second-order valence-corrected chi connectivity index (χ2v) is 3.92. The predicted octanol–water partition coefficient (Wildman–Crippen LogP) is 2.26. The van der Waals surface area contributed by atoms with Gasteiger partial charge in [0.2, 0.25) is 5.82 Å². The van der Waals surface area contributed by atoms with Crippen molar-refractivity contribution in [1.29, 1.82) is 0 Å². The highest BCUT2D eigenvalue weighted by Crippen LogP contribution is 2.17. The van der Waals surface area contributed by atoms with Gasteiger partial charge in [-0.2, -0.15) is 0 Å². The Balaban J connectivity index is 0.000000160. The van der Waals surface area contributed by atoms with Crippen molar-refractivity contribution >= 4 is 5.91 Å². The minimum atomic E-state index is -0.619. The Hall–Kier alpha value is -2.95. The van der Waals surface area contributed by atoms with E-state index in [4.69, 9.17) is 5.73 Å². The zero-order chi connectivity index (χ0) is 14.2. The number of amides is 1. The van der Waals surface area contributed by atoms with Crippen LogP contribution in [-0.4, -0.2) is 21.1 Å². The highest BCUT2D eigenvalue weighted by atomic mass is 16.1. The third kappa shape index (κ3) is 3.78. The van der Waals surface area contributed by atoms with Crippen LogP contribution in [0.1, 0.15) is 10.6 Å². The van der Waals surface area contributed by atoms with Crippen LogP contribution in [0.3, 0.4) is 0 Å². The molecule has 1 heterocycles. The van der Waals surface area contributed by atoms with Gasteiger partial charge in [0.05, 0.1) is 0 Å². The minimum absolute atomic E-state index is 0.0185. The molecule has 3 rings (SSSR count). The number of nitrogens with two attached hydrogens (primary N) is 1. The largest absolute Gasteiger partial charge is 0.363 e. The number of primary amides is 1. The van der Waals surface area contributed by atoms with Gasteiger partial charge in [-0.05, 0) is 11.1 Å². The molecule has 3 N–H and O–H groups in total. The highest BCUT2D eigenvalue weighted by molar-refractivity contribution is 5.88. The number of carbonyl (C=O) groups is 1. The summed E-state index contributed by atoms with van der Waals surface area (Å²) in [6.45, 7) is 0. The predicted molar refractivity (Wildman–Crippen MR) is 76.8 cm³/mol. The van der Waals surface area contributed by atoms with Gasteiger partial charge in [0.15, 0.2) is 0 Å². The van der Waals surface area contributed by atoms with E-state index in [-0.39, 0.29) is 5.82 Å². The fourth-order valence-electron chi connectivity index (χ4n) is 1.59. The summed E-state index contributed by atoms with van der Waals surface area (Å²) in [6.07, 6.45) is 1.29. The summed E-state index contributed by atoms with van der Waals surface area (Å²) in [6, 6.07) is 20.8. The van der Waals surface area contributed by atoms with Gasteiger partial charge in [-0.15, -0.1) is 5.10 Å². The number of nitrogens with zero attached hydrogens (tertiary/aromatic N) is 2. The molecule has 0 aliphatic carbocycles. The van der Waals surface area contributed by atoms with Crippen LogP contribution in [-0.2, 0) is 0 Å². The van der Waals surface area contributed by atoms with Gasteiger partial charge in [0.1, 0.15) is 6.33 Å². The smallest absolute Gasteiger partial charge is 0.288 e. The summed E-state index contributed by atoms with van der Waals surface area (Å²) < 4.78 is 0. The second kappa shape index (κ2) is 6.84. The molecule has 2 aromatic carbocycles. The maximum Gasteiger partial charge on any atom is 0.288 e. The molecule has 0 saturated carbocycles. The molecule has 3 aromatic rings. The lowest BCUT2D eigenvalue weighted by Gasteiger charge is -1.98. The molecule has 100 valence electrons. The molecule has 20 heavy (non-hydrogen) atoms. The number of hydrogen-bond donors (Lipinski definition) is 2. The van der Waals surface area contributed by atoms with E-state index in [0.29, 0.717) is 0 Å². The maximum absolute atomic E-state index is 10.1. The number of carbonyl (C=O) groups excluding carboxylic acids is 1. The molecule has 0 spiro atoms. The Bertz CT molecular complexity index is 599. The van der Waals surface area contributed by atoms with Crippen molar-refractivity contribution in [3.63, 3.8) is 0 Å². The number of rotatable bonds is 2. The van der Waals surface area contributed by atoms with Gasteiger partial charge >= 0.3 is 0 Å². The summed E-state index contributed by atoms with van der Waals surface area (Å²) in [5.41, 5.74) is 7.33. The van der Waals surface area contributed by atoms with E-state index in [9.17, 15) is 4.79 Å². The molecule has 0 bridgehead atoms. The Morgan fingerprint density at radius 1 is 0.900 bits per heavy atom. The normalized spacial score (nSPS) is 9.40. The molecule has 0 unspecified atom stereocenters. The molecular weight excluding hydrogens is 252 g/mol. The van der Waals surface area contributed by atoms with Crippen LogP contribution in [0.25, 0.3) is 11.1 Å². The van der Waals surface area contributed by atoms with Crippen LogP contribution in [0.4, 0.5) is 0 Å². The van der Waals surface area contributed by atoms with Crippen LogP contribution < -0.4 is 5.73 Å². The number of hydrogen-bond acceptors (Lipinski definition) is 3. The molecule has 0 aliphatic heterocycles. The van der Waals surface area contributed by atoms with Crippen molar-refractivity contribution in [2.45, 2.75) is 0 Å². The van der Waals surface area contributed by atoms with E-state index in [0.717, 1.165) is 0 Å². The van der Waals surface area contributed by atoms with Crippen molar-refractivity contribution in [2.24, 2.45) is 5.73 Å². The molecule has 0 radical (unpaired) electrons. The molecule has 0 aliphatic rings. The van der Waals surface area contributed by atoms with Crippen molar-refractivity contribution in [1.82, 2.24) is 15.2 Å². The van der Waals surface area contributed by atoms with E-state index >= 15 is 0 Å². The fraction of sp³-hybridized carbons (Fsp3) is 0. The standard InChI is InChI=1S/C12H10.C3H4N4O/c1-3-7-11(8-4-1)12-9-5-2-6-10-12;4-2(8)3-5-1-6-7-3/h1-10H;1H,(H2,4,8)(H,5,6,7). The van der Waals surface area contributed by atoms with E-state index in [1.807, 2.05) is 12.1 Å². The SMILES string of the molecule is NC(=O)c1nc[nH]n1.c1ccc(-c2ccccc2)cc1. The van der Waals surface area contributed by atoms with Gasteiger partial charge in [-0.1, -0.05) is 60.7 Å². The molecule has 0 atom stereocenters. The number of aromatic amines is 1. The highest BCUT2D eigenvalue weighted by Gasteiger charge is 2.00. The monoisotopic (exact) mass is 266 g/mol. The third-order valence-electron chi connectivity index (χ3n) is 2.52. The summed E-state index contributed by atoms with van der Waals surface area (Å²) >= 11 is 0.